The Labute approximate surface area is 190 Å². The summed E-state index contributed by atoms with van der Waals surface area (Å²) >= 11 is 12.4. The zero-order chi connectivity index (χ0) is 22.6. The van der Waals surface area contributed by atoms with E-state index in [1.807, 2.05) is 50.2 Å². The molecule has 0 saturated carbocycles. The van der Waals surface area contributed by atoms with E-state index < -0.39 is 11.7 Å². The van der Waals surface area contributed by atoms with E-state index in [1.165, 1.54) is 0 Å². The molecule has 10 heteroatoms. The summed E-state index contributed by atoms with van der Waals surface area (Å²) in [7, 11) is 0. The summed E-state index contributed by atoms with van der Waals surface area (Å²) in [5.74, 6) is 0. The molecule has 1 aromatic heterocycles. The molecule has 0 bridgehead atoms. The van der Waals surface area contributed by atoms with E-state index in [-0.39, 0.29) is 5.69 Å². The second kappa shape index (κ2) is 9.80. The molecule has 0 unspecified atom stereocenters. The van der Waals surface area contributed by atoms with Crippen molar-refractivity contribution in [2.75, 3.05) is 19.6 Å². The van der Waals surface area contributed by atoms with Crippen molar-refractivity contribution in [1.29, 1.82) is 0 Å². The van der Waals surface area contributed by atoms with E-state index in [0.717, 1.165) is 16.3 Å². The molecule has 1 aliphatic rings. The minimum atomic E-state index is -0.514. The number of nitrogens with one attached hydrogen (secondary N) is 3. The lowest BCUT2D eigenvalue weighted by Crippen LogP contribution is -2.45. The smallest absolute Gasteiger partial charge is 0.407 e. The molecule has 1 amide bonds. The highest BCUT2D eigenvalue weighted by molar-refractivity contribution is 6.42. The third-order valence-corrected chi connectivity index (χ3v) is 5.38. The van der Waals surface area contributed by atoms with Crippen LogP contribution in [-0.4, -0.2) is 45.9 Å². The van der Waals surface area contributed by atoms with Crippen molar-refractivity contribution in [2.45, 2.75) is 39.3 Å². The number of rotatable bonds is 7. The van der Waals surface area contributed by atoms with Gasteiger partial charge in [0, 0.05) is 19.3 Å². The molecule has 2 aromatic rings. The van der Waals surface area contributed by atoms with E-state index in [2.05, 4.69) is 15.7 Å². The van der Waals surface area contributed by atoms with Gasteiger partial charge in [-0.15, -0.1) is 0 Å². The number of benzene rings is 1. The van der Waals surface area contributed by atoms with Crippen LogP contribution < -0.4 is 27.1 Å². The fourth-order valence-electron chi connectivity index (χ4n) is 3.11. The molecule has 31 heavy (non-hydrogen) atoms. The molecule has 1 aromatic carbocycles. The molecule has 8 nitrogen and oxygen atoms in total. The Balaban J connectivity index is 1.60. The number of carbonyl (C=O) groups excluding carboxylic acids is 1. The number of carbonyl (C=O) groups is 1. The van der Waals surface area contributed by atoms with Crippen molar-refractivity contribution in [3.63, 3.8) is 0 Å². The quantitative estimate of drug-likeness (QED) is 0.539. The summed E-state index contributed by atoms with van der Waals surface area (Å²) in [5, 5.41) is 7.06. The number of ether oxygens (including phenoxy) is 1. The van der Waals surface area contributed by atoms with Gasteiger partial charge in [0.05, 0.1) is 33.8 Å². The molecule has 0 radical (unpaired) electrons. The van der Waals surface area contributed by atoms with Gasteiger partial charge in [-0.2, -0.15) is 0 Å². The number of hydrazine groups is 1. The van der Waals surface area contributed by atoms with Gasteiger partial charge >= 0.3 is 11.8 Å². The zero-order valence-corrected chi connectivity index (χ0v) is 19.3. The summed E-state index contributed by atoms with van der Waals surface area (Å²) in [5.41, 5.74) is 3.33. The first-order valence-electron chi connectivity index (χ1n) is 10.0. The number of hydrogen-bond donors (Lipinski definition) is 3. The SMILES string of the molecule is CC(C)(C)OC(=O)NCCCNN1C=c2c([nH]c(=O)n2Cc2cccc(Cl)c2Cl)=CC1. The Bertz CT molecular complexity index is 1120. The van der Waals surface area contributed by atoms with Crippen LogP contribution in [0.4, 0.5) is 4.79 Å². The van der Waals surface area contributed by atoms with Crippen LogP contribution in [0.25, 0.3) is 12.3 Å². The summed E-state index contributed by atoms with van der Waals surface area (Å²) in [4.78, 5) is 27.0. The van der Waals surface area contributed by atoms with E-state index >= 15 is 0 Å². The van der Waals surface area contributed by atoms with Gasteiger partial charge in [-0.25, -0.2) is 15.0 Å². The maximum Gasteiger partial charge on any atom is 0.407 e. The zero-order valence-electron chi connectivity index (χ0n) is 17.8. The van der Waals surface area contributed by atoms with Gasteiger partial charge in [-0.3, -0.25) is 4.57 Å². The first kappa shape index (κ1) is 23.2. The van der Waals surface area contributed by atoms with E-state index in [1.54, 1.807) is 10.6 Å². The number of hydrogen-bond acceptors (Lipinski definition) is 5. The molecule has 0 aliphatic carbocycles. The van der Waals surface area contributed by atoms with Gasteiger partial charge in [0.2, 0.25) is 0 Å². The molecule has 3 N–H and O–H groups in total. The molecule has 2 heterocycles. The Morgan fingerprint density at radius 2 is 2.03 bits per heavy atom. The van der Waals surface area contributed by atoms with E-state index in [4.69, 9.17) is 27.9 Å². The highest BCUT2D eigenvalue weighted by atomic mass is 35.5. The number of fused-ring (bicyclic) bond motifs is 1. The molecule has 0 atom stereocenters. The number of nitrogens with zero attached hydrogens (tertiary/aromatic N) is 2. The molecule has 168 valence electrons. The Morgan fingerprint density at radius 3 is 2.77 bits per heavy atom. The van der Waals surface area contributed by atoms with Crippen molar-refractivity contribution in [1.82, 2.24) is 25.3 Å². The lowest BCUT2D eigenvalue weighted by Gasteiger charge is -2.22. The first-order valence-corrected chi connectivity index (χ1v) is 10.8. The van der Waals surface area contributed by atoms with Gasteiger partial charge in [-0.05, 0) is 44.9 Å². The standard InChI is InChI=1S/C21H27Cl2N5O3/c1-21(2,3)31-20(30)24-9-5-10-25-27-11-8-16-17(13-27)28(19(29)26-16)12-14-6-4-7-15(22)18(14)23/h4,6-8,13,25H,5,9-12H2,1-3H3,(H,24,30)(H,26,29). The van der Waals surface area contributed by atoms with Gasteiger partial charge in [0.15, 0.2) is 0 Å². The van der Waals surface area contributed by atoms with Crippen LogP contribution in [0.15, 0.2) is 23.0 Å². The Hall–Kier alpha value is -2.42. The second-order valence-corrected chi connectivity index (χ2v) is 8.99. The molecular weight excluding hydrogens is 441 g/mol. The van der Waals surface area contributed by atoms with Crippen LogP contribution >= 0.6 is 23.2 Å². The summed E-state index contributed by atoms with van der Waals surface area (Å²) in [6, 6.07) is 5.37. The van der Waals surface area contributed by atoms with Crippen LogP contribution in [0.2, 0.25) is 10.0 Å². The average Bonchev–Trinajstić information content (AvgIpc) is 2.98. The highest BCUT2D eigenvalue weighted by Gasteiger charge is 2.15. The monoisotopic (exact) mass is 467 g/mol. The minimum absolute atomic E-state index is 0.211. The van der Waals surface area contributed by atoms with Crippen molar-refractivity contribution in [3.05, 3.63) is 55.0 Å². The Kier molecular flexibility index (Phi) is 7.35. The third-order valence-electron chi connectivity index (χ3n) is 4.52. The van der Waals surface area contributed by atoms with Gasteiger partial charge in [0.25, 0.3) is 0 Å². The van der Waals surface area contributed by atoms with Crippen molar-refractivity contribution in [2.24, 2.45) is 0 Å². The fourth-order valence-corrected chi connectivity index (χ4v) is 3.49. The van der Waals surface area contributed by atoms with Crippen LogP contribution in [0.5, 0.6) is 0 Å². The fraction of sp³-hybridized carbons (Fsp3) is 0.429. The maximum atomic E-state index is 12.5. The van der Waals surface area contributed by atoms with E-state index in [0.29, 0.717) is 42.6 Å². The van der Waals surface area contributed by atoms with E-state index in [9.17, 15) is 9.59 Å². The molecular formula is C21H27Cl2N5O3. The molecule has 0 fully saturated rings. The number of halogens is 2. The van der Waals surface area contributed by atoms with Crippen LogP contribution in [-0.2, 0) is 11.3 Å². The lowest BCUT2D eigenvalue weighted by atomic mass is 10.2. The topological polar surface area (TPSA) is 91.4 Å². The van der Waals surface area contributed by atoms with Gasteiger partial charge in [0.1, 0.15) is 5.60 Å². The number of amides is 1. The van der Waals surface area contributed by atoms with Crippen molar-refractivity contribution >= 4 is 41.6 Å². The normalized spacial score (nSPS) is 13.3. The van der Waals surface area contributed by atoms with Crippen LogP contribution in [0.3, 0.4) is 0 Å². The minimum Gasteiger partial charge on any atom is -0.444 e. The van der Waals surface area contributed by atoms with Gasteiger partial charge in [-0.1, -0.05) is 35.3 Å². The molecule has 0 spiro atoms. The lowest BCUT2D eigenvalue weighted by molar-refractivity contribution is 0.0527. The first-order chi connectivity index (χ1) is 14.6. The Morgan fingerprint density at radius 1 is 1.26 bits per heavy atom. The average molecular weight is 468 g/mol. The predicted molar refractivity (Wildman–Crippen MR) is 122 cm³/mol. The predicted octanol–water partition coefficient (Wildman–Crippen LogP) is 1.79. The molecule has 3 rings (SSSR count). The third kappa shape index (κ3) is 6.29. The number of imidazole rings is 1. The van der Waals surface area contributed by atoms with Crippen molar-refractivity contribution < 1.29 is 9.53 Å². The summed E-state index contributed by atoms with van der Waals surface area (Å²) < 4.78 is 6.83. The summed E-state index contributed by atoms with van der Waals surface area (Å²) in [6.45, 7) is 7.52. The second-order valence-electron chi connectivity index (χ2n) is 8.20. The van der Waals surface area contributed by atoms with Crippen LogP contribution in [0.1, 0.15) is 32.8 Å². The number of alkyl carbamates (subject to hydrolysis) is 1. The largest absolute Gasteiger partial charge is 0.444 e. The molecule has 1 aliphatic heterocycles. The summed E-state index contributed by atoms with van der Waals surface area (Å²) in [6.07, 6.45) is 4.12. The highest BCUT2D eigenvalue weighted by Crippen LogP contribution is 2.25. The number of aromatic nitrogens is 2. The van der Waals surface area contributed by atoms with Crippen LogP contribution in [0, 0.1) is 0 Å². The number of aromatic amines is 1. The van der Waals surface area contributed by atoms with Gasteiger partial charge < -0.3 is 20.0 Å². The maximum absolute atomic E-state index is 12.5. The number of H-pyrrole nitrogens is 1. The van der Waals surface area contributed by atoms with Crippen molar-refractivity contribution in [3.8, 4) is 0 Å². The molecule has 0 saturated heterocycles.